The van der Waals surface area contributed by atoms with Gasteiger partial charge in [0.1, 0.15) is 18.1 Å². The Morgan fingerprint density at radius 2 is 1.36 bits per heavy atom. The molecule has 0 heterocycles. The zero-order valence-corrected chi connectivity index (χ0v) is 26.8. The summed E-state index contributed by atoms with van der Waals surface area (Å²) in [5.41, 5.74) is 7.43. The normalized spacial score (nSPS) is 10.1. The molecule has 2 aromatic carbocycles. The molecule has 0 unspecified atom stereocenters. The Morgan fingerprint density at radius 3 is 1.85 bits per heavy atom. The average Bonchev–Trinajstić information content (AvgIpc) is 2.88. The van der Waals surface area contributed by atoms with E-state index in [0.29, 0.717) is 41.1 Å². The van der Waals surface area contributed by atoms with Gasteiger partial charge in [-0.1, -0.05) is 30.4 Å². The van der Waals surface area contributed by atoms with Crippen LogP contribution in [0.3, 0.4) is 0 Å². The second kappa shape index (κ2) is 18.1. The van der Waals surface area contributed by atoms with Crippen LogP contribution in [0.25, 0.3) is 6.08 Å². The fraction of sp³-hybridized carbons (Fsp3) is 0.172. The molecule has 0 saturated heterocycles. The van der Waals surface area contributed by atoms with Crippen LogP contribution in [0.2, 0.25) is 0 Å². The number of esters is 1. The number of ether oxygens (including phenoxy) is 1. The molecule has 10 heteroatoms. The average molecular weight is 746 g/mol. The van der Waals surface area contributed by atoms with Crippen LogP contribution in [0.15, 0.2) is 92.1 Å². The smallest absolute Gasteiger partial charge is 0.343 e. The van der Waals surface area contributed by atoms with Crippen molar-refractivity contribution in [2.24, 2.45) is 5.73 Å². The first-order valence-electron chi connectivity index (χ1n) is 11.5. The SMILES string of the molecule is C=CCN(CC=C)C(=O)CN(CC=C)C(=O)/C(C)=C/c1ccc(C(=O)Oc2ccc(C(=N)N)cc2)cc1.O.[Ac]. The molecule has 0 saturated carbocycles. The first kappa shape index (κ1) is 35.7. The van der Waals surface area contributed by atoms with Crippen LogP contribution in [0, 0.1) is 49.5 Å². The molecule has 0 aliphatic carbocycles. The predicted octanol–water partition coefficient (Wildman–Crippen LogP) is 2.98. The van der Waals surface area contributed by atoms with Crippen molar-refractivity contribution in [1.82, 2.24) is 9.80 Å². The largest absolute Gasteiger partial charge is 0.423 e. The molecule has 2 rings (SSSR count). The van der Waals surface area contributed by atoms with Crippen LogP contribution < -0.4 is 10.5 Å². The van der Waals surface area contributed by atoms with Gasteiger partial charge in [0.2, 0.25) is 11.8 Å². The summed E-state index contributed by atoms with van der Waals surface area (Å²) in [4.78, 5) is 41.2. The van der Waals surface area contributed by atoms with E-state index in [0.717, 1.165) is 0 Å². The molecule has 0 bridgehead atoms. The van der Waals surface area contributed by atoms with E-state index in [1.165, 1.54) is 4.90 Å². The third-order valence-corrected chi connectivity index (χ3v) is 5.26. The van der Waals surface area contributed by atoms with Crippen molar-refractivity contribution in [3.63, 3.8) is 0 Å². The summed E-state index contributed by atoms with van der Waals surface area (Å²) in [5.74, 6) is -0.809. The Hall–Kier alpha value is -3.32. The molecule has 9 nitrogen and oxygen atoms in total. The minimum atomic E-state index is -0.543. The molecule has 0 spiro atoms. The van der Waals surface area contributed by atoms with E-state index in [4.69, 9.17) is 15.9 Å². The van der Waals surface area contributed by atoms with Gasteiger partial charge in [0.15, 0.2) is 0 Å². The van der Waals surface area contributed by atoms with Crippen molar-refractivity contribution in [1.29, 1.82) is 5.41 Å². The van der Waals surface area contributed by atoms with E-state index >= 15 is 0 Å². The number of nitrogens with one attached hydrogen (secondary N) is 1. The van der Waals surface area contributed by atoms with Gasteiger partial charge in [0.25, 0.3) is 0 Å². The second-order valence-corrected chi connectivity index (χ2v) is 8.13. The Labute approximate surface area is 265 Å². The van der Waals surface area contributed by atoms with E-state index in [1.807, 2.05) is 0 Å². The van der Waals surface area contributed by atoms with Gasteiger partial charge in [0.05, 0.1) is 5.56 Å². The van der Waals surface area contributed by atoms with Gasteiger partial charge in [-0.05, 0) is 55.0 Å². The summed E-state index contributed by atoms with van der Waals surface area (Å²) in [6.45, 7) is 13.5. The Morgan fingerprint density at radius 1 is 0.872 bits per heavy atom. The molecular weight excluding hydrogens is 711 g/mol. The summed E-state index contributed by atoms with van der Waals surface area (Å²) >= 11 is 0. The molecular formula is C29H34AcN4O5. The minimum absolute atomic E-state index is 0. The molecule has 39 heavy (non-hydrogen) atoms. The van der Waals surface area contributed by atoms with Crippen LogP contribution in [0.4, 0.5) is 0 Å². The van der Waals surface area contributed by atoms with Gasteiger partial charge in [-0.15, -0.1) is 19.7 Å². The zero-order valence-electron chi connectivity index (χ0n) is 22.1. The number of benzene rings is 2. The van der Waals surface area contributed by atoms with Crippen molar-refractivity contribution in [3.05, 3.63) is 109 Å². The fourth-order valence-corrected chi connectivity index (χ4v) is 3.37. The molecule has 0 atom stereocenters. The van der Waals surface area contributed by atoms with E-state index in [1.54, 1.807) is 84.7 Å². The van der Waals surface area contributed by atoms with Gasteiger partial charge in [-0.25, -0.2) is 4.79 Å². The number of carbonyl (C=O) groups is 3. The summed E-state index contributed by atoms with van der Waals surface area (Å²) < 4.78 is 5.36. The number of hydrogen-bond acceptors (Lipinski definition) is 5. The third-order valence-electron chi connectivity index (χ3n) is 5.26. The number of rotatable bonds is 13. The van der Waals surface area contributed by atoms with Gasteiger partial charge < -0.3 is 25.7 Å². The molecule has 1 radical (unpaired) electrons. The molecule has 5 N–H and O–H groups in total. The van der Waals surface area contributed by atoms with Crippen LogP contribution in [-0.4, -0.2) is 65.1 Å². The van der Waals surface area contributed by atoms with Crippen molar-refractivity contribution in [2.75, 3.05) is 26.2 Å². The quantitative estimate of drug-likeness (QED) is 0.0809. The molecule has 2 aromatic rings. The van der Waals surface area contributed by atoms with Crippen LogP contribution >= 0.6 is 0 Å². The Kier molecular flexibility index (Phi) is 16.5. The molecule has 203 valence electrons. The maximum Gasteiger partial charge on any atom is 0.343 e. The summed E-state index contributed by atoms with van der Waals surface area (Å²) in [7, 11) is 0. The summed E-state index contributed by atoms with van der Waals surface area (Å²) in [6.07, 6.45) is 6.49. The van der Waals surface area contributed by atoms with Crippen molar-refractivity contribution < 1.29 is 68.7 Å². The number of nitrogens with zero attached hydrogens (tertiary/aromatic N) is 2. The predicted molar refractivity (Wildman–Crippen MR) is 150 cm³/mol. The van der Waals surface area contributed by atoms with Gasteiger partial charge >= 0.3 is 5.97 Å². The number of carbonyl (C=O) groups excluding carboxylic acids is 3. The molecule has 0 aliphatic heterocycles. The number of amidine groups is 1. The Balaban J connectivity index is 0.00000722. The molecule has 2 amide bonds. The number of nitrogens with two attached hydrogens (primary N) is 1. The maximum absolute atomic E-state index is 13.1. The minimum Gasteiger partial charge on any atom is -0.423 e. The molecule has 0 aromatic heterocycles. The van der Waals surface area contributed by atoms with Crippen LogP contribution in [0.1, 0.15) is 28.4 Å². The van der Waals surface area contributed by atoms with Gasteiger partial charge in [0, 0.05) is 74.8 Å². The van der Waals surface area contributed by atoms with Crippen molar-refractivity contribution >= 4 is 29.7 Å². The van der Waals surface area contributed by atoms with E-state index in [9.17, 15) is 14.4 Å². The number of hydrogen-bond donors (Lipinski definition) is 2. The third kappa shape index (κ3) is 11.1. The first-order valence-corrected chi connectivity index (χ1v) is 11.5. The standard InChI is InChI=1S/C29H32N4O4.Ac.H2O/c1-5-16-32(17-6-2)26(34)20-33(18-7-3)28(35)21(4)19-22-8-10-24(11-9-22)29(36)37-25-14-12-23(13-15-25)27(30)31;;/h5-15,19H,1-3,16-18,20H2,4H3,(H3,30,31);;1H2/b21-19+;;. The first-order chi connectivity index (χ1) is 17.7. The topological polar surface area (TPSA) is 148 Å². The fourth-order valence-electron chi connectivity index (χ4n) is 3.37. The van der Waals surface area contributed by atoms with Crippen molar-refractivity contribution in [3.8, 4) is 5.75 Å². The summed E-state index contributed by atoms with van der Waals surface area (Å²) in [6, 6.07) is 12.9. The second-order valence-electron chi connectivity index (χ2n) is 8.13. The maximum atomic E-state index is 13.1. The van der Waals surface area contributed by atoms with Crippen molar-refractivity contribution in [2.45, 2.75) is 6.92 Å². The Bertz CT molecular complexity index is 1200. The monoisotopic (exact) mass is 745 g/mol. The van der Waals surface area contributed by atoms with Crippen LogP contribution in [0.5, 0.6) is 5.75 Å². The zero-order chi connectivity index (χ0) is 27.4. The summed E-state index contributed by atoms with van der Waals surface area (Å²) in [5, 5.41) is 7.41. The van der Waals surface area contributed by atoms with Gasteiger partial charge in [-0.2, -0.15) is 0 Å². The van der Waals surface area contributed by atoms with Crippen LogP contribution in [-0.2, 0) is 9.59 Å². The molecule has 0 aliphatic rings. The van der Waals surface area contributed by atoms with E-state index in [2.05, 4.69) is 19.7 Å². The van der Waals surface area contributed by atoms with Gasteiger partial charge in [-0.3, -0.25) is 15.0 Å². The number of nitrogen functional groups attached to an aromatic ring is 1. The molecule has 0 fully saturated rings. The van der Waals surface area contributed by atoms with E-state index < -0.39 is 5.97 Å². The number of amides is 2. The van der Waals surface area contributed by atoms with E-state index in [-0.39, 0.29) is 80.3 Å².